The van der Waals surface area contributed by atoms with Gasteiger partial charge in [0.2, 0.25) is 5.88 Å². The van der Waals surface area contributed by atoms with Gasteiger partial charge in [0, 0.05) is 42.1 Å². The number of anilines is 2. The van der Waals surface area contributed by atoms with Gasteiger partial charge >= 0.3 is 0 Å². The maximum Gasteiger partial charge on any atom is 0.241 e. The van der Waals surface area contributed by atoms with Crippen LogP contribution in [0.4, 0.5) is 15.8 Å². The van der Waals surface area contributed by atoms with E-state index in [4.69, 9.17) is 15.2 Å². The quantitative estimate of drug-likeness (QED) is 0.646. The molecule has 1 fully saturated rings. The summed E-state index contributed by atoms with van der Waals surface area (Å²) in [5, 5.41) is 0. The van der Waals surface area contributed by atoms with E-state index >= 15 is 0 Å². The summed E-state index contributed by atoms with van der Waals surface area (Å²) >= 11 is 1.50. The van der Waals surface area contributed by atoms with E-state index in [0.29, 0.717) is 11.6 Å². The second-order valence-corrected chi connectivity index (χ2v) is 8.38. The van der Waals surface area contributed by atoms with Crippen molar-refractivity contribution in [3.05, 3.63) is 66.4 Å². The monoisotopic (exact) mass is 424 g/mol. The molecule has 0 spiro atoms. The van der Waals surface area contributed by atoms with Crippen LogP contribution in [-0.2, 0) is 4.74 Å². The molecule has 3 heterocycles. The number of benzene rings is 2. The van der Waals surface area contributed by atoms with Crippen molar-refractivity contribution in [1.29, 1.82) is 0 Å². The standard InChI is InChI=1S/C22H21FN4O2S/c23-15-1-6-19-18(13-15)27(22(24)30-19)16-2-4-17(5-3-16)29-21-20(25-9-10-26-21)14-7-11-28-12-8-14/h1-6,9-10,13-14,22H,7-8,11-12,24H2. The zero-order chi connectivity index (χ0) is 20.5. The van der Waals surface area contributed by atoms with Gasteiger partial charge in [0.25, 0.3) is 0 Å². The van der Waals surface area contributed by atoms with E-state index in [2.05, 4.69) is 9.97 Å². The summed E-state index contributed by atoms with van der Waals surface area (Å²) in [6.07, 6.45) is 5.16. The molecule has 0 bridgehead atoms. The third-order valence-electron chi connectivity index (χ3n) is 5.31. The molecule has 2 N–H and O–H groups in total. The molecule has 2 aromatic carbocycles. The van der Waals surface area contributed by atoms with Crippen molar-refractivity contribution in [2.24, 2.45) is 5.73 Å². The smallest absolute Gasteiger partial charge is 0.241 e. The summed E-state index contributed by atoms with van der Waals surface area (Å²) in [4.78, 5) is 11.8. The number of aromatic nitrogens is 2. The van der Waals surface area contributed by atoms with Crippen LogP contribution in [0.25, 0.3) is 0 Å². The number of ether oxygens (including phenoxy) is 2. The van der Waals surface area contributed by atoms with Crippen molar-refractivity contribution >= 4 is 23.1 Å². The number of thioether (sulfide) groups is 1. The Kier molecular flexibility index (Phi) is 5.28. The lowest BCUT2D eigenvalue weighted by atomic mass is 9.96. The molecule has 0 radical (unpaired) electrons. The SMILES string of the molecule is NC1Sc2ccc(F)cc2N1c1ccc(Oc2nccnc2C2CCOCC2)cc1. The maximum absolute atomic E-state index is 13.8. The van der Waals surface area contributed by atoms with Gasteiger partial charge in [-0.05, 0) is 55.3 Å². The number of hydrogen-bond donors (Lipinski definition) is 1. The van der Waals surface area contributed by atoms with Gasteiger partial charge in [-0.2, -0.15) is 0 Å². The second kappa shape index (κ2) is 8.22. The first-order valence-electron chi connectivity index (χ1n) is 9.86. The molecule has 2 aliphatic rings. The van der Waals surface area contributed by atoms with E-state index in [1.54, 1.807) is 18.5 Å². The Hall–Kier alpha value is -2.68. The Morgan fingerprint density at radius 1 is 1.07 bits per heavy atom. The lowest BCUT2D eigenvalue weighted by Crippen LogP contribution is -2.31. The number of nitrogens with zero attached hydrogens (tertiary/aromatic N) is 3. The predicted molar refractivity (Wildman–Crippen MR) is 114 cm³/mol. The highest BCUT2D eigenvalue weighted by Crippen LogP contribution is 2.46. The molecular formula is C22H21FN4O2S. The molecule has 8 heteroatoms. The molecule has 5 rings (SSSR count). The minimum Gasteiger partial charge on any atom is -0.437 e. The summed E-state index contributed by atoms with van der Waals surface area (Å²) in [5.74, 6) is 1.19. The van der Waals surface area contributed by atoms with E-state index in [-0.39, 0.29) is 17.2 Å². The fourth-order valence-electron chi connectivity index (χ4n) is 3.84. The van der Waals surface area contributed by atoms with Gasteiger partial charge in [-0.1, -0.05) is 11.8 Å². The first kappa shape index (κ1) is 19.3. The molecule has 154 valence electrons. The Balaban J connectivity index is 1.38. The van der Waals surface area contributed by atoms with Crippen LogP contribution in [0.5, 0.6) is 11.6 Å². The average Bonchev–Trinajstić information content (AvgIpc) is 3.10. The zero-order valence-corrected chi connectivity index (χ0v) is 17.0. The highest BCUT2D eigenvalue weighted by molar-refractivity contribution is 8.00. The van der Waals surface area contributed by atoms with Gasteiger partial charge < -0.3 is 20.1 Å². The molecule has 1 unspecified atom stereocenters. The first-order chi connectivity index (χ1) is 14.7. The Morgan fingerprint density at radius 2 is 1.83 bits per heavy atom. The molecule has 2 aliphatic heterocycles. The number of fused-ring (bicyclic) bond motifs is 1. The van der Waals surface area contributed by atoms with Crippen molar-refractivity contribution < 1.29 is 13.9 Å². The fourth-order valence-corrected chi connectivity index (χ4v) is 4.86. The van der Waals surface area contributed by atoms with Crippen LogP contribution >= 0.6 is 11.8 Å². The summed E-state index contributed by atoms with van der Waals surface area (Å²) < 4.78 is 25.3. The predicted octanol–water partition coefficient (Wildman–Crippen LogP) is 4.79. The summed E-state index contributed by atoms with van der Waals surface area (Å²) in [7, 11) is 0. The van der Waals surface area contributed by atoms with Crippen molar-refractivity contribution in [2.45, 2.75) is 29.2 Å². The van der Waals surface area contributed by atoms with Crippen LogP contribution in [0.1, 0.15) is 24.5 Å². The lowest BCUT2D eigenvalue weighted by Gasteiger charge is -2.24. The molecule has 6 nitrogen and oxygen atoms in total. The third-order valence-corrected chi connectivity index (χ3v) is 6.36. The highest BCUT2D eigenvalue weighted by Gasteiger charge is 2.29. The molecule has 0 amide bonds. The summed E-state index contributed by atoms with van der Waals surface area (Å²) in [5.41, 5.74) is 8.48. The second-order valence-electron chi connectivity index (χ2n) is 7.22. The highest BCUT2D eigenvalue weighted by atomic mass is 32.2. The van der Waals surface area contributed by atoms with E-state index in [9.17, 15) is 4.39 Å². The molecule has 1 saturated heterocycles. The number of nitrogens with two attached hydrogens (primary N) is 1. The molecule has 1 atom stereocenters. The van der Waals surface area contributed by atoms with Crippen LogP contribution in [0.3, 0.4) is 0 Å². The third kappa shape index (κ3) is 3.74. The molecule has 0 saturated carbocycles. The van der Waals surface area contributed by atoms with Crippen LogP contribution in [0, 0.1) is 5.82 Å². The fraction of sp³-hybridized carbons (Fsp3) is 0.273. The number of hydrogen-bond acceptors (Lipinski definition) is 7. The molecule has 30 heavy (non-hydrogen) atoms. The molecule has 3 aromatic rings. The molecular weight excluding hydrogens is 403 g/mol. The Labute approximate surface area is 178 Å². The average molecular weight is 425 g/mol. The minimum atomic E-state index is -0.311. The molecule has 1 aromatic heterocycles. The summed E-state index contributed by atoms with van der Waals surface area (Å²) in [6.45, 7) is 1.46. The van der Waals surface area contributed by atoms with Gasteiger partial charge in [0.15, 0.2) is 0 Å². The Morgan fingerprint density at radius 3 is 2.63 bits per heavy atom. The van der Waals surface area contributed by atoms with E-state index in [1.807, 2.05) is 29.2 Å². The van der Waals surface area contributed by atoms with Crippen LogP contribution < -0.4 is 15.4 Å². The van der Waals surface area contributed by atoms with Gasteiger partial charge in [0.05, 0.1) is 5.69 Å². The zero-order valence-electron chi connectivity index (χ0n) is 16.2. The topological polar surface area (TPSA) is 73.5 Å². The van der Waals surface area contributed by atoms with E-state index < -0.39 is 0 Å². The van der Waals surface area contributed by atoms with Gasteiger partial charge in [-0.3, -0.25) is 4.98 Å². The normalized spacial score (nSPS) is 19.0. The summed E-state index contributed by atoms with van der Waals surface area (Å²) in [6, 6.07) is 12.3. The molecule has 0 aliphatic carbocycles. The van der Waals surface area contributed by atoms with Crippen molar-refractivity contribution in [2.75, 3.05) is 18.1 Å². The number of rotatable bonds is 4. The van der Waals surface area contributed by atoms with Gasteiger partial charge in [-0.25, -0.2) is 9.37 Å². The minimum absolute atomic E-state index is 0.281. The maximum atomic E-state index is 13.8. The van der Waals surface area contributed by atoms with E-state index in [0.717, 1.165) is 48.0 Å². The van der Waals surface area contributed by atoms with Crippen molar-refractivity contribution in [1.82, 2.24) is 9.97 Å². The van der Waals surface area contributed by atoms with Crippen LogP contribution in [-0.4, -0.2) is 28.7 Å². The largest absolute Gasteiger partial charge is 0.437 e. The van der Waals surface area contributed by atoms with Gasteiger partial charge in [-0.15, -0.1) is 0 Å². The van der Waals surface area contributed by atoms with E-state index in [1.165, 1.54) is 23.9 Å². The van der Waals surface area contributed by atoms with Crippen LogP contribution in [0.15, 0.2) is 59.8 Å². The van der Waals surface area contributed by atoms with Crippen molar-refractivity contribution in [3.8, 4) is 11.6 Å². The Bertz CT molecular complexity index is 1040. The van der Waals surface area contributed by atoms with Crippen molar-refractivity contribution in [3.63, 3.8) is 0 Å². The van der Waals surface area contributed by atoms with Gasteiger partial charge in [0.1, 0.15) is 22.8 Å². The first-order valence-corrected chi connectivity index (χ1v) is 10.7. The lowest BCUT2D eigenvalue weighted by molar-refractivity contribution is 0.0839. The number of halogens is 1. The van der Waals surface area contributed by atoms with Crippen LogP contribution in [0.2, 0.25) is 0 Å².